The molecule has 7 nitrogen and oxygen atoms in total. The van der Waals surface area contributed by atoms with Gasteiger partial charge in [0.05, 0.1) is 25.3 Å². The maximum absolute atomic E-state index is 13.1. The molecule has 1 fully saturated rings. The third-order valence-corrected chi connectivity index (χ3v) is 5.99. The van der Waals surface area contributed by atoms with E-state index in [4.69, 9.17) is 9.47 Å². The SMILES string of the molecule is CCCCN1C(=O)C(=O)/C(=C(\O)c2ccc3c(c2)CCCO3)C1c1ccc(OC)c(O)c1. The van der Waals surface area contributed by atoms with Crippen LogP contribution >= 0.6 is 0 Å². The zero-order chi connectivity index (χ0) is 22.8. The van der Waals surface area contributed by atoms with Gasteiger partial charge in [0, 0.05) is 12.1 Å². The number of amides is 1. The van der Waals surface area contributed by atoms with E-state index in [1.54, 1.807) is 24.3 Å². The number of phenols is 1. The largest absolute Gasteiger partial charge is 0.507 e. The molecule has 1 atom stereocenters. The molecule has 0 saturated carbocycles. The standard InChI is InChI=1S/C25H27NO6/c1-3-4-11-26-22(16-7-10-20(31-2)18(27)14-16)21(24(29)25(26)30)23(28)17-8-9-19-15(13-17)6-5-12-32-19/h7-10,13-14,22,27-28H,3-6,11-12H2,1-2H3/b23-21-. The predicted molar refractivity (Wildman–Crippen MR) is 119 cm³/mol. The lowest BCUT2D eigenvalue weighted by Gasteiger charge is -2.25. The van der Waals surface area contributed by atoms with Gasteiger partial charge in [-0.15, -0.1) is 0 Å². The quantitative estimate of drug-likeness (QED) is 0.404. The second-order valence-electron chi connectivity index (χ2n) is 8.05. The fourth-order valence-corrected chi connectivity index (χ4v) is 4.33. The van der Waals surface area contributed by atoms with Gasteiger partial charge in [-0.05, 0) is 60.7 Å². The number of methoxy groups -OCH3 is 1. The van der Waals surface area contributed by atoms with Gasteiger partial charge < -0.3 is 24.6 Å². The molecular weight excluding hydrogens is 410 g/mol. The first-order chi connectivity index (χ1) is 15.5. The minimum Gasteiger partial charge on any atom is -0.507 e. The summed E-state index contributed by atoms with van der Waals surface area (Å²) in [4.78, 5) is 27.4. The molecule has 0 aromatic heterocycles. The van der Waals surface area contributed by atoms with Crippen LogP contribution < -0.4 is 9.47 Å². The molecule has 1 saturated heterocycles. The van der Waals surface area contributed by atoms with Crippen molar-refractivity contribution in [1.82, 2.24) is 4.90 Å². The molecule has 0 spiro atoms. The van der Waals surface area contributed by atoms with Gasteiger partial charge in [0.1, 0.15) is 11.5 Å². The first-order valence-corrected chi connectivity index (χ1v) is 10.9. The molecule has 2 aliphatic heterocycles. The van der Waals surface area contributed by atoms with Gasteiger partial charge in [-0.3, -0.25) is 9.59 Å². The van der Waals surface area contributed by atoms with Gasteiger partial charge in [0.25, 0.3) is 11.7 Å². The van der Waals surface area contributed by atoms with E-state index in [1.165, 1.54) is 18.1 Å². The van der Waals surface area contributed by atoms with E-state index in [2.05, 4.69) is 0 Å². The number of Topliss-reactive ketones (excluding diaryl/α,β-unsaturated/α-hetero) is 1. The number of aliphatic hydroxyl groups excluding tert-OH is 1. The number of aliphatic hydroxyl groups is 1. The number of carbonyl (C=O) groups is 2. The Balaban J connectivity index is 1.84. The fraction of sp³-hybridized carbons (Fsp3) is 0.360. The fourth-order valence-electron chi connectivity index (χ4n) is 4.33. The van der Waals surface area contributed by atoms with Crippen LogP contribution in [0.25, 0.3) is 5.76 Å². The van der Waals surface area contributed by atoms with E-state index in [9.17, 15) is 19.8 Å². The summed E-state index contributed by atoms with van der Waals surface area (Å²) in [5.74, 6) is -0.649. The second kappa shape index (κ2) is 8.94. The van der Waals surface area contributed by atoms with Crippen LogP contribution in [0.15, 0.2) is 42.0 Å². The number of fused-ring (bicyclic) bond motifs is 1. The molecule has 168 valence electrons. The number of likely N-dealkylation sites (tertiary alicyclic amines) is 1. The number of aromatic hydroxyl groups is 1. The highest BCUT2D eigenvalue weighted by Gasteiger charge is 2.46. The van der Waals surface area contributed by atoms with Crippen LogP contribution in [-0.4, -0.2) is 47.1 Å². The van der Waals surface area contributed by atoms with Crippen molar-refractivity contribution in [3.63, 3.8) is 0 Å². The third kappa shape index (κ3) is 3.79. The highest BCUT2D eigenvalue weighted by atomic mass is 16.5. The Morgan fingerprint density at radius 3 is 2.75 bits per heavy atom. The normalized spacial score (nSPS) is 19.6. The van der Waals surface area contributed by atoms with E-state index in [-0.39, 0.29) is 22.8 Å². The first-order valence-electron chi connectivity index (χ1n) is 10.9. The van der Waals surface area contributed by atoms with E-state index in [0.717, 1.165) is 30.6 Å². The minimum atomic E-state index is -0.800. The number of benzene rings is 2. The zero-order valence-corrected chi connectivity index (χ0v) is 18.3. The third-order valence-electron chi connectivity index (χ3n) is 5.99. The highest BCUT2D eigenvalue weighted by Crippen LogP contribution is 2.42. The summed E-state index contributed by atoms with van der Waals surface area (Å²) in [6, 6.07) is 9.24. The molecule has 0 aliphatic carbocycles. The Kier molecular flexibility index (Phi) is 6.08. The van der Waals surface area contributed by atoms with Crippen molar-refractivity contribution in [2.75, 3.05) is 20.3 Å². The number of phenolic OH excluding ortho intramolecular Hbond substituents is 1. The average Bonchev–Trinajstić information content (AvgIpc) is 3.06. The predicted octanol–water partition coefficient (Wildman–Crippen LogP) is 3.95. The van der Waals surface area contributed by atoms with Gasteiger partial charge in [-0.25, -0.2) is 0 Å². The Labute approximate surface area is 186 Å². The van der Waals surface area contributed by atoms with E-state index in [1.807, 2.05) is 13.0 Å². The summed E-state index contributed by atoms with van der Waals surface area (Å²) < 4.78 is 10.8. The van der Waals surface area contributed by atoms with Gasteiger partial charge in [-0.2, -0.15) is 0 Å². The van der Waals surface area contributed by atoms with Crippen LogP contribution in [0.3, 0.4) is 0 Å². The van der Waals surface area contributed by atoms with Gasteiger partial charge >= 0.3 is 0 Å². The average molecular weight is 437 g/mol. The summed E-state index contributed by atoms with van der Waals surface area (Å²) in [5.41, 5.74) is 1.97. The van der Waals surface area contributed by atoms with Crippen LogP contribution in [0.2, 0.25) is 0 Å². The molecule has 4 rings (SSSR count). The molecule has 0 radical (unpaired) electrons. The first kappa shape index (κ1) is 21.7. The maximum Gasteiger partial charge on any atom is 0.295 e. The number of hydrogen-bond acceptors (Lipinski definition) is 6. The molecule has 1 amide bonds. The van der Waals surface area contributed by atoms with Crippen LogP contribution in [-0.2, 0) is 16.0 Å². The molecule has 2 heterocycles. The van der Waals surface area contributed by atoms with E-state index >= 15 is 0 Å². The molecule has 7 heteroatoms. The van der Waals surface area contributed by atoms with Crippen molar-refractivity contribution in [3.8, 4) is 17.2 Å². The number of aryl methyl sites for hydroxylation is 1. The van der Waals surface area contributed by atoms with Gasteiger partial charge in [-0.1, -0.05) is 19.4 Å². The second-order valence-corrected chi connectivity index (χ2v) is 8.05. The molecular formula is C25H27NO6. The van der Waals surface area contributed by atoms with Crippen molar-refractivity contribution in [2.24, 2.45) is 0 Å². The van der Waals surface area contributed by atoms with Crippen LogP contribution in [0.5, 0.6) is 17.2 Å². The molecule has 2 aromatic rings. The van der Waals surface area contributed by atoms with Crippen molar-refractivity contribution >= 4 is 17.4 Å². The Morgan fingerprint density at radius 2 is 2.03 bits per heavy atom. The van der Waals surface area contributed by atoms with E-state index in [0.29, 0.717) is 30.7 Å². The number of rotatable bonds is 6. The summed E-state index contributed by atoms with van der Waals surface area (Å²) >= 11 is 0. The molecule has 2 aliphatic rings. The smallest absolute Gasteiger partial charge is 0.295 e. The number of unbranched alkanes of at least 4 members (excludes halogenated alkanes) is 1. The Bertz CT molecular complexity index is 1090. The van der Waals surface area contributed by atoms with Crippen molar-refractivity contribution in [1.29, 1.82) is 0 Å². The van der Waals surface area contributed by atoms with Crippen LogP contribution in [0.4, 0.5) is 0 Å². The summed E-state index contributed by atoms with van der Waals surface area (Å²) in [6.45, 7) is 3.02. The lowest BCUT2D eigenvalue weighted by molar-refractivity contribution is -0.139. The lowest BCUT2D eigenvalue weighted by Crippen LogP contribution is -2.30. The Hall–Kier alpha value is -3.48. The molecule has 2 N–H and O–H groups in total. The highest BCUT2D eigenvalue weighted by molar-refractivity contribution is 6.46. The minimum absolute atomic E-state index is 0.0207. The summed E-state index contributed by atoms with van der Waals surface area (Å²) in [5, 5.41) is 21.5. The number of ether oxygens (including phenoxy) is 2. The number of ketones is 1. The lowest BCUT2D eigenvalue weighted by atomic mass is 9.93. The van der Waals surface area contributed by atoms with Crippen molar-refractivity contribution in [3.05, 3.63) is 58.7 Å². The number of nitrogens with zero attached hydrogens (tertiary/aromatic N) is 1. The summed E-state index contributed by atoms with van der Waals surface area (Å²) in [6.07, 6.45) is 3.25. The molecule has 32 heavy (non-hydrogen) atoms. The van der Waals surface area contributed by atoms with Gasteiger partial charge in [0.2, 0.25) is 0 Å². The van der Waals surface area contributed by atoms with Crippen molar-refractivity contribution in [2.45, 2.75) is 38.6 Å². The maximum atomic E-state index is 13.1. The Morgan fingerprint density at radius 1 is 1.22 bits per heavy atom. The van der Waals surface area contributed by atoms with Crippen molar-refractivity contribution < 1.29 is 29.3 Å². The number of hydrogen-bond donors (Lipinski definition) is 2. The zero-order valence-electron chi connectivity index (χ0n) is 18.3. The molecule has 1 unspecified atom stereocenters. The molecule has 0 bridgehead atoms. The topological polar surface area (TPSA) is 96.3 Å². The van der Waals surface area contributed by atoms with Gasteiger partial charge in [0.15, 0.2) is 11.5 Å². The summed E-state index contributed by atoms with van der Waals surface area (Å²) in [7, 11) is 1.45. The monoisotopic (exact) mass is 437 g/mol. The molecule has 2 aromatic carbocycles. The van der Waals surface area contributed by atoms with E-state index < -0.39 is 17.7 Å². The number of carbonyl (C=O) groups excluding carboxylic acids is 2. The van der Waals surface area contributed by atoms with Crippen LogP contribution in [0, 0.1) is 0 Å². The van der Waals surface area contributed by atoms with Crippen LogP contribution in [0.1, 0.15) is 48.9 Å².